The van der Waals surface area contributed by atoms with Crippen molar-refractivity contribution in [2.24, 2.45) is 5.16 Å². The maximum Gasteiger partial charge on any atom is 0.410 e. The van der Waals surface area contributed by atoms with E-state index in [0.29, 0.717) is 45.3 Å². The first-order valence-corrected chi connectivity index (χ1v) is 9.11. The molecule has 3 heterocycles. The number of carbonyl (C=O) groups is 1. The Kier molecular flexibility index (Phi) is 5.84. The fourth-order valence-electron chi connectivity index (χ4n) is 2.67. The molecule has 1 aromatic heterocycles. The number of rotatable bonds is 4. The highest BCUT2D eigenvalue weighted by molar-refractivity contribution is 6.31. The van der Waals surface area contributed by atoms with Gasteiger partial charge in [-0.3, -0.25) is 0 Å². The molecule has 1 amide bonds. The number of nitrogens with zero attached hydrogens (tertiary/aromatic N) is 5. The zero-order chi connectivity index (χ0) is 19.4. The first-order valence-electron chi connectivity index (χ1n) is 9.11. The molecule has 10 heteroatoms. The third kappa shape index (κ3) is 5.56. The zero-order valence-electron chi connectivity index (χ0n) is 16.3. The van der Waals surface area contributed by atoms with Crippen molar-refractivity contribution in [2.75, 3.05) is 44.3 Å². The predicted octanol–water partition coefficient (Wildman–Crippen LogP) is -0.436. The van der Waals surface area contributed by atoms with Crippen molar-refractivity contribution in [3.05, 3.63) is 12.4 Å². The Morgan fingerprint density at radius 2 is 2.07 bits per heavy atom. The molecular formula is C17H26BN5O4. The number of carbonyl (C=O) groups excluding carboxylic acids is 1. The van der Waals surface area contributed by atoms with Gasteiger partial charge in [0.05, 0.1) is 32.0 Å². The lowest BCUT2D eigenvalue weighted by atomic mass is 10.0. The van der Waals surface area contributed by atoms with Gasteiger partial charge in [0.15, 0.2) is 0 Å². The van der Waals surface area contributed by atoms with Crippen LogP contribution in [0.2, 0.25) is 0 Å². The van der Waals surface area contributed by atoms with E-state index in [1.54, 1.807) is 17.3 Å². The van der Waals surface area contributed by atoms with E-state index >= 15 is 0 Å². The molecule has 0 radical (unpaired) electrons. The molecule has 0 aromatic carbocycles. The van der Waals surface area contributed by atoms with E-state index < -0.39 is 5.60 Å². The molecule has 1 atom stereocenters. The first-order chi connectivity index (χ1) is 12.8. The quantitative estimate of drug-likeness (QED) is 0.521. The summed E-state index contributed by atoms with van der Waals surface area (Å²) in [6.07, 6.45) is 3.05. The van der Waals surface area contributed by atoms with E-state index in [4.69, 9.17) is 14.3 Å². The largest absolute Gasteiger partial charge is 0.444 e. The molecule has 3 rings (SSSR count). The van der Waals surface area contributed by atoms with Crippen LogP contribution in [-0.4, -0.2) is 85.6 Å². The lowest BCUT2D eigenvalue weighted by Crippen LogP contribution is -2.49. The average Bonchev–Trinajstić information content (AvgIpc) is 2.57. The van der Waals surface area contributed by atoms with Crippen molar-refractivity contribution >= 4 is 31.1 Å². The minimum Gasteiger partial charge on any atom is -0.444 e. The molecule has 0 saturated carbocycles. The normalized spacial score (nSPS) is 20.1. The Hall–Kier alpha value is -2.36. The molecule has 2 saturated heterocycles. The molecule has 0 spiro atoms. The van der Waals surface area contributed by atoms with Gasteiger partial charge >= 0.3 is 6.09 Å². The summed E-state index contributed by atoms with van der Waals surface area (Å²) in [6, 6.07) is 0. The number of oxime groups is 1. The van der Waals surface area contributed by atoms with Crippen molar-refractivity contribution in [3.63, 3.8) is 0 Å². The van der Waals surface area contributed by atoms with Gasteiger partial charge < -0.3 is 24.1 Å². The van der Waals surface area contributed by atoms with Gasteiger partial charge in [-0.05, 0) is 20.8 Å². The van der Waals surface area contributed by atoms with Crippen LogP contribution in [0.25, 0.3) is 0 Å². The summed E-state index contributed by atoms with van der Waals surface area (Å²) >= 11 is 0. The van der Waals surface area contributed by atoms with E-state index in [-0.39, 0.29) is 12.2 Å². The monoisotopic (exact) mass is 375 g/mol. The molecule has 2 aliphatic rings. The molecule has 0 aliphatic carbocycles. The fourth-order valence-corrected chi connectivity index (χ4v) is 2.67. The summed E-state index contributed by atoms with van der Waals surface area (Å²) in [5.74, 6) is 0.697. The Bertz CT molecular complexity index is 684. The Morgan fingerprint density at radius 1 is 1.37 bits per heavy atom. The van der Waals surface area contributed by atoms with Crippen molar-refractivity contribution in [1.29, 1.82) is 0 Å². The summed E-state index contributed by atoms with van der Waals surface area (Å²) in [6.45, 7) is 8.57. The van der Waals surface area contributed by atoms with E-state index in [1.807, 2.05) is 33.5 Å². The second kappa shape index (κ2) is 8.12. The number of aromatic nitrogens is 2. The molecule has 0 N–H and O–H groups in total. The van der Waals surface area contributed by atoms with E-state index in [1.165, 1.54) is 0 Å². The summed E-state index contributed by atoms with van der Waals surface area (Å²) < 4.78 is 11.1. The van der Waals surface area contributed by atoms with Gasteiger partial charge in [0.2, 0.25) is 5.95 Å². The molecular weight excluding hydrogens is 349 g/mol. The lowest BCUT2D eigenvalue weighted by Gasteiger charge is -2.34. The zero-order valence-corrected chi connectivity index (χ0v) is 16.3. The number of hydrogen-bond acceptors (Lipinski definition) is 8. The molecule has 2 fully saturated rings. The van der Waals surface area contributed by atoms with E-state index in [2.05, 4.69) is 15.1 Å². The van der Waals surface area contributed by atoms with Gasteiger partial charge in [-0.1, -0.05) is 10.6 Å². The standard InChI is InChI=1S/C17H26BN5O4/c1-17(2,3)27-16(24)22-4-5-25-14(10-22)11-26-21-13-8-23(9-13)15-19-6-12(18)7-20-15/h6-7,14H,4-5,8-11,18H2,1-3H3. The highest BCUT2D eigenvalue weighted by Gasteiger charge is 2.29. The summed E-state index contributed by atoms with van der Waals surface area (Å²) in [7, 11) is 1.96. The average molecular weight is 375 g/mol. The van der Waals surface area contributed by atoms with Gasteiger partial charge in [-0.25, -0.2) is 14.8 Å². The summed E-state index contributed by atoms with van der Waals surface area (Å²) in [5, 5.41) is 4.15. The van der Waals surface area contributed by atoms with Gasteiger partial charge in [0.25, 0.3) is 0 Å². The van der Waals surface area contributed by atoms with E-state index in [9.17, 15) is 4.79 Å². The van der Waals surface area contributed by atoms with Crippen molar-refractivity contribution < 1.29 is 19.1 Å². The highest BCUT2D eigenvalue weighted by Crippen LogP contribution is 2.15. The highest BCUT2D eigenvalue weighted by atomic mass is 16.6. The van der Waals surface area contributed by atoms with Crippen LogP contribution >= 0.6 is 0 Å². The Morgan fingerprint density at radius 3 is 2.74 bits per heavy atom. The van der Waals surface area contributed by atoms with Crippen molar-refractivity contribution in [3.8, 4) is 0 Å². The SMILES string of the molecule is Bc1cnc(N2CC(=NOCC3CN(C(=O)OC(C)(C)C)CCO3)C2)nc1. The summed E-state index contributed by atoms with van der Waals surface area (Å²) in [4.78, 5) is 29.8. The van der Waals surface area contributed by atoms with Gasteiger partial charge in [-0.15, -0.1) is 0 Å². The molecule has 0 bridgehead atoms. The van der Waals surface area contributed by atoms with Crippen LogP contribution in [0.5, 0.6) is 0 Å². The Labute approximate surface area is 160 Å². The van der Waals surface area contributed by atoms with Crippen LogP contribution in [0, 0.1) is 0 Å². The predicted molar refractivity (Wildman–Crippen MR) is 103 cm³/mol. The van der Waals surface area contributed by atoms with Gasteiger partial charge in [0, 0.05) is 18.9 Å². The molecule has 1 aromatic rings. The number of hydrogen-bond donors (Lipinski definition) is 0. The molecule has 27 heavy (non-hydrogen) atoms. The second-order valence-corrected chi connectivity index (χ2v) is 7.79. The smallest absolute Gasteiger partial charge is 0.410 e. The van der Waals surface area contributed by atoms with Crippen molar-refractivity contribution in [1.82, 2.24) is 14.9 Å². The van der Waals surface area contributed by atoms with E-state index in [0.717, 1.165) is 11.2 Å². The van der Waals surface area contributed by atoms with Crippen LogP contribution in [-0.2, 0) is 14.3 Å². The fraction of sp³-hybridized carbons (Fsp3) is 0.647. The maximum absolute atomic E-state index is 12.2. The van der Waals surface area contributed by atoms with Crippen molar-refractivity contribution in [2.45, 2.75) is 32.5 Å². The lowest BCUT2D eigenvalue weighted by molar-refractivity contribution is -0.0721. The van der Waals surface area contributed by atoms with Gasteiger partial charge in [0.1, 0.15) is 26.2 Å². The van der Waals surface area contributed by atoms with Crippen LogP contribution in [0.1, 0.15) is 20.8 Å². The maximum atomic E-state index is 12.2. The van der Waals surface area contributed by atoms with Gasteiger partial charge in [-0.2, -0.15) is 0 Å². The first kappa shape index (κ1) is 19.4. The third-order valence-corrected chi connectivity index (χ3v) is 4.04. The number of amides is 1. The third-order valence-electron chi connectivity index (χ3n) is 4.04. The Balaban J connectivity index is 1.40. The second-order valence-electron chi connectivity index (χ2n) is 7.79. The number of morpholine rings is 1. The molecule has 2 aliphatic heterocycles. The molecule has 146 valence electrons. The minimum absolute atomic E-state index is 0.216. The molecule has 9 nitrogen and oxygen atoms in total. The molecule has 1 unspecified atom stereocenters. The minimum atomic E-state index is -0.509. The van der Waals surface area contributed by atoms with Crippen LogP contribution < -0.4 is 10.4 Å². The number of ether oxygens (including phenoxy) is 2. The topological polar surface area (TPSA) is 89.4 Å². The van der Waals surface area contributed by atoms with Crippen LogP contribution in [0.3, 0.4) is 0 Å². The van der Waals surface area contributed by atoms with Crippen LogP contribution in [0.15, 0.2) is 17.5 Å². The van der Waals surface area contributed by atoms with Crippen LogP contribution in [0.4, 0.5) is 10.7 Å². The summed E-state index contributed by atoms with van der Waals surface area (Å²) in [5.41, 5.74) is 1.45. The number of anilines is 1.